The first-order valence-corrected chi connectivity index (χ1v) is 5.15. The van der Waals surface area contributed by atoms with Crippen molar-refractivity contribution in [2.45, 2.75) is 32.4 Å². The summed E-state index contributed by atoms with van der Waals surface area (Å²) in [5, 5.41) is 0. The molecule has 0 spiro atoms. The number of rotatable bonds is 2. The Bertz CT molecular complexity index is 396. The number of ether oxygens (including phenoxy) is 1. The van der Waals surface area contributed by atoms with Crippen LogP contribution in [0.4, 0.5) is 4.79 Å². The van der Waals surface area contributed by atoms with Gasteiger partial charge in [0.25, 0.3) is 0 Å². The molecule has 5 nitrogen and oxygen atoms in total. The minimum absolute atomic E-state index is 0.230. The topological polar surface area (TPSA) is 59.8 Å². The van der Waals surface area contributed by atoms with Crippen molar-refractivity contribution < 1.29 is 18.7 Å². The van der Waals surface area contributed by atoms with Crippen molar-refractivity contribution in [1.29, 1.82) is 0 Å². The standard InChI is InChI=1S/C11H13NO4/c1-7(2)16-11(14)12-8(6-10(12)13)9-4-3-5-15-9/h3-5,7-8H,6H2,1-2H3. The summed E-state index contributed by atoms with van der Waals surface area (Å²) in [7, 11) is 0. The average molecular weight is 223 g/mol. The van der Waals surface area contributed by atoms with Crippen LogP contribution in [0.3, 0.4) is 0 Å². The van der Waals surface area contributed by atoms with E-state index in [9.17, 15) is 9.59 Å². The molecule has 5 heteroatoms. The Kier molecular flexibility index (Phi) is 2.68. The van der Waals surface area contributed by atoms with Crippen molar-refractivity contribution >= 4 is 12.0 Å². The van der Waals surface area contributed by atoms with Gasteiger partial charge in [0.2, 0.25) is 5.91 Å². The molecule has 86 valence electrons. The van der Waals surface area contributed by atoms with Crippen LogP contribution in [0.25, 0.3) is 0 Å². The monoisotopic (exact) mass is 223 g/mol. The van der Waals surface area contributed by atoms with Gasteiger partial charge in [-0.15, -0.1) is 0 Å². The quantitative estimate of drug-likeness (QED) is 0.720. The maximum absolute atomic E-state index is 11.6. The van der Waals surface area contributed by atoms with Gasteiger partial charge in [0, 0.05) is 0 Å². The molecule has 1 saturated heterocycles. The van der Waals surface area contributed by atoms with E-state index in [1.165, 1.54) is 6.26 Å². The number of imide groups is 1. The lowest BCUT2D eigenvalue weighted by molar-refractivity contribution is -0.144. The Morgan fingerprint density at radius 3 is 2.88 bits per heavy atom. The Hall–Kier alpha value is -1.78. The highest BCUT2D eigenvalue weighted by Gasteiger charge is 2.44. The smallest absolute Gasteiger partial charge is 0.417 e. The summed E-state index contributed by atoms with van der Waals surface area (Å²) in [5.74, 6) is 0.382. The normalized spacial score (nSPS) is 19.8. The lowest BCUT2D eigenvalue weighted by atomic mass is 10.0. The van der Waals surface area contributed by atoms with E-state index >= 15 is 0 Å². The molecule has 1 fully saturated rings. The largest absolute Gasteiger partial charge is 0.467 e. The molecule has 1 unspecified atom stereocenters. The molecule has 1 aromatic heterocycles. The van der Waals surface area contributed by atoms with Crippen molar-refractivity contribution in [1.82, 2.24) is 4.90 Å². The van der Waals surface area contributed by atoms with Crippen molar-refractivity contribution in [3.63, 3.8) is 0 Å². The zero-order valence-electron chi connectivity index (χ0n) is 9.17. The van der Waals surface area contributed by atoms with Crippen LogP contribution in [-0.4, -0.2) is 23.0 Å². The third kappa shape index (κ3) is 1.80. The molecule has 0 aromatic carbocycles. The fraction of sp³-hybridized carbons (Fsp3) is 0.455. The summed E-state index contributed by atoms with van der Waals surface area (Å²) in [6.45, 7) is 3.48. The molecular weight excluding hydrogens is 210 g/mol. The molecule has 0 bridgehead atoms. The minimum Gasteiger partial charge on any atom is -0.467 e. The molecule has 2 amide bonds. The first kappa shape index (κ1) is 10.7. The molecule has 1 atom stereocenters. The maximum atomic E-state index is 11.6. The van der Waals surface area contributed by atoms with Crippen LogP contribution >= 0.6 is 0 Å². The third-order valence-corrected chi connectivity index (χ3v) is 2.35. The van der Waals surface area contributed by atoms with Crippen LogP contribution in [0.2, 0.25) is 0 Å². The second kappa shape index (κ2) is 4.00. The van der Waals surface area contributed by atoms with Gasteiger partial charge in [-0.05, 0) is 26.0 Å². The Balaban J connectivity index is 2.08. The molecule has 16 heavy (non-hydrogen) atoms. The number of hydrogen-bond donors (Lipinski definition) is 0. The van der Waals surface area contributed by atoms with Gasteiger partial charge in [-0.3, -0.25) is 4.79 Å². The number of nitrogens with zero attached hydrogens (tertiary/aromatic N) is 1. The third-order valence-electron chi connectivity index (χ3n) is 2.35. The molecule has 1 aliphatic rings. The van der Waals surface area contributed by atoms with Crippen molar-refractivity contribution in [2.24, 2.45) is 0 Å². The second-order valence-electron chi connectivity index (χ2n) is 3.93. The second-order valence-corrected chi connectivity index (χ2v) is 3.93. The zero-order valence-corrected chi connectivity index (χ0v) is 9.17. The number of furan rings is 1. The fourth-order valence-electron chi connectivity index (χ4n) is 1.61. The molecule has 2 heterocycles. The van der Waals surface area contributed by atoms with E-state index in [0.717, 1.165) is 4.90 Å². The predicted octanol–water partition coefficient (Wildman–Crippen LogP) is 2.10. The molecular formula is C11H13NO4. The van der Waals surface area contributed by atoms with Crippen molar-refractivity contribution in [2.75, 3.05) is 0 Å². The van der Waals surface area contributed by atoms with E-state index in [2.05, 4.69) is 0 Å². The van der Waals surface area contributed by atoms with E-state index in [1.54, 1.807) is 26.0 Å². The Morgan fingerprint density at radius 1 is 1.62 bits per heavy atom. The van der Waals surface area contributed by atoms with Crippen molar-refractivity contribution in [3.8, 4) is 0 Å². The van der Waals surface area contributed by atoms with Crippen LogP contribution in [0.1, 0.15) is 32.1 Å². The van der Waals surface area contributed by atoms with Crippen LogP contribution in [-0.2, 0) is 9.53 Å². The molecule has 1 aromatic rings. The van der Waals surface area contributed by atoms with Crippen LogP contribution in [0, 0.1) is 0 Å². The van der Waals surface area contributed by atoms with Crippen LogP contribution < -0.4 is 0 Å². The molecule has 0 N–H and O–H groups in total. The number of likely N-dealkylation sites (tertiary alicyclic amines) is 1. The van der Waals surface area contributed by atoms with Gasteiger partial charge in [0.15, 0.2) is 0 Å². The Labute approximate surface area is 93.0 Å². The number of β-lactam (4-membered cyclic amide) rings is 1. The van der Waals surface area contributed by atoms with Gasteiger partial charge in [0.1, 0.15) is 11.8 Å². The SMILES string of the molecule is CC(C)OC(=O)N1C(=O)CC1c1ccco1. The summed E-state index contributed by atoms with van der Waals surface area (Å²) < 4.78 is 10.1. The van der Waals surface area contributed by atoms with Gasteiger partial charge >= 0.3 is 6.09 Å². The van der Waals surface area contributed by atoms with E-state index in [-0.39, 0.29) is 18.1 Å². The van der Waals surface area contributed by atoms with Gasteiger partial charge in [-0.2, -0.15) is 0 Å². The van der Waals surface area contributed by atoms with Gasteiger partial charge in [-0.1, -0.05) is 0 Å². The van der Waals surface area contributed by atoms with E-state index in [4.69, 9.17) is 9.15 Å². The summed E-state index contributed by atoms with van der Waals surface area (Å²) in [5.41, 5.74) is 0. The highest BCUT2D eigenvalue weighted by atomic mass is 16.6. The average Bonchev–Trinajstić information content (AvgIpc) is 2.64. The van der Waals surface area contributed by atoms with Gasteiger partial charge in [0.05, 0.1) is 18.8 Å². The highest BCUT2D eigenvalue weighted by molar-refractivity contribution is 5.97. The summed E-state index contributed by atoms with van der Waals surface area (Å²) in [4.78, 5) is 24.0. The molecule has 0 saturated carbocycles. The molecule has 0 radical (unpaired) electrons. The summed E-state index contributed by atoms with van der Waals surface area (Å²) in [6, 6.07) is 3.16. The van der Waals surface area contributed by atoms with Crippen LogP contribution in [0.15, 0.2) is 22.8 Å². The van der Waals surface area contributed by atoms with Crippen LogP contribution in [0.5, 0.6) is 0 Å². The molecule has 2 rings (SSSR count). The Morgan fingerprint density at radius 2 is 2.38 bits per heavy atom. The fourth-order valence-corrected chi connectivity index (χ4v) is 1.61. The predicted molar refractivity (Wildman–Crippen MR) is 54.5 cm³/mol. The molecule has 1 aliphatic heterocycles. The minimum atomic E-state index is -0.604. The van der Waals surface area contributed by atoms with E-state index in [0.29, 0.717) is 12.2 Å². The number of hydrogen-bond acceptors (Lipinski definition) is 4. The van der Waals surface area contributed by atoms with Gasteiger partial charge in [-0.25, -0.2) is 9.69 Å². The van der Waals surface area contributed by atoms with Gasteiger partial charge < -0.3 is 9.15 Å². The number of carbonyl (C=O) groups is 2. The maximum Gasteiger partial charge on any atom is 0.417 e. The highest BCUT2D eigenvalue weighted by Crippen LogP contribution is 2.35. The molecule has 0 aliphatic carbocycles. The first-order chi connectivity index (χ1) is 7.59. The summed E-state index contributed by atoms with van der Waals surface area (Å²) >= 11 is 0. The zero-order chi connectivity index (χ0) is 11.7. The number of amides is 2. The lowest BCUT2D eigenvalue weighted by Crippen LogP contribution is -2.50. The van der Waals surface area contributed by atoms with E-state index < -0.39 is 6.09 Å². The number of carbonyl (C=O) groups excluding carboxylic acids is 2. The van der Waals surface area contributed by atoms with Crippen molar-refractivity contribution in [3.05, 3.63) is 24.2 Å². The van der Waals surface area contributed by atoms with E-state index in [1.807, 2.05) is 0 Å². The lowest BCUT2D eigenvalue weighted by Gasteiger charge is -2.36. The summed E-state index contributed by atoms with van der Waals surface area (Å²) in [6.07, 6.45) is 0.968. The first-order valence-electron chi connectivity index (χ1n) is 5.15.